The van der Waals surface area contributed by atoms with Gasteiger partial charge in [0.1, 0.15) is 9.74 Å². The molecule has 2 heterocycles. The van der Waals surface area contributed by atoms with Gasteiger partial charge in [-0.2, -0.15) is 10.2 Å². The highest BCUT2D eigenvalue weighted by Crippen LogP contribution is 2.41. The minimum absolute atomic E-state index is 0.0687. The summed E-state index contributed by atoms with van der Waals surface area (Å²) in [6.45, 7) is 4.49. The van der Waals surface area contributed by atoms with Gasteiger partial charge < -0.3 is 0 Å². The maximum Gasteiger partial charge on any atom is 0.124 e. The van der Waals surface area contributed by atoms with Gasteiger partial charge in [0.2, 0.25) is 0 Å². The molecule has 0 bridgehead atoms. The van der Waals surface area contributed by atoms with E-state index in [0.717, 1.165) is 0 Å². The van der Waals surface area contributed by atoms with Crippen molar-refractivity contribution in [3.8, 4) is 0 Å². The number of nitrogens with zero attached hydrogens (tertiary/aromatic N) is 2. The van der Waals surface area contributed by atoms with Crippen molar-refractivity contribution >= 4 is 23.5 Å². The Balaban J connectivity index is 1.95. The minimum Gasteiger partial charge on any atom is -0.175 e. The Kier molecular flexibility index (Phi) is 4.22. The van der Waals surface area contributed by atoms with Gasteiger partial charge >= 0.3 is 0 Å². The third kappa shape index (κ3) is 3.39. The van der Waals surface area contributed by atoms with Gasteiger partial charge in [0.15, 0.2) is 0 Å². The second kappa shape index (κ2) is 5.30. The lowest BCUT2D eigenvalue weighted by molar-refractivity contribution is 0.474. The van der Waals surface area contributed by atoms with Crippen LogP contribution in [0.25, 0.3) is 0 Å². The molecule has 0 aliphatic carbocycles. The van der Waals surface area contributed by atoms with Crippen LogP contribution in [0.1, 0.15) is 52.4 Å². The average molecular weight is 258 g/mol. The van der Waals surface area contributed by atoms with Crippen molar-refractivity contribution in [3.63, 3.8) is 0 Å². The third-order valence-corrected chi connectivity index (χ3v) is 6.17. The predicted octanol–water partition coefficient (Wildman–Crippen LogP) is 4.71. The molecule has 2 rings (SSSR count). The van der Waals surface area contributed by atoms with Gasteiger partial charge in [0.25, 0.3) is 0 Å². The third-order valence-electron chi connectivity index (χ3n) is 3.37. The fourth-order valence-electron chi connectivity index (χ4n) is 2.21. The molecule has 2 aliphatic rings. The first-order chi connectivity index (χ1) is 7.62. The minimum atomic E-state index is 0.0687. The van der Waals surface area contributed by atoms with E-state index in [4.69, 9.17) is 0 Å². The molecule has 4 heteroatoms. The normalized spacial score (nSPS) is 41.4. The van der Waals surface area contributed by atoms with Gasteiger partial charge in [-0.1, -0.05) is 0 Å². The highest BCUT2D eigenvalue weighted by molar-refractivity contribution is 8.00. The van der Waals surface area contributed by atoms with Crippen LogP contribution in [0.5, 0.6) is 0 Å². The summed E-state index contributed by atoms with van der Waals surface area (Å²) in [6.07, 6.45) is 7.71. The quantitative estimate of drug-likeness (QED) is 0.670. The van der Waals surface area contributed by atoms with Crippen LogP contribution in [0.3, 0.4) is 0 Å². The van der Waals surface area contributed by atoms with Gasteiger partial charge in [-0.3, -0.25) is 0 Å². The molecule has 0 spiro atoms. The Labute approximate surface area is 107 Å². The summed E-state index contributed by atoms with van der Waals surface area (Å²) in [5.74, 6) is 2.50. The first-order valence-electron chi connectivity index (χ1n) is 6.34. The summed E-state index contributed by atoms with van der Waals surface area (Å²) < 4.78 is 0. The molecule has 0 aromatic carbocycles. The van der Waals surface area contributed by atoms with Crippen molar-refractivity contribution in [2.45, 2.75) is 62.1 Å². The summed E-state index contributed by atoms with van der Waals surface area (Å²) >= 11 is 3.97. The predicted molar refractivity (Wildman–Crippen MR) is 74.3 cm³/mol. The first-order valence-corrected chi connectivity index (χ1v) is 8.31. The highest BCUT2D eigenvalue weighted by Gasteiger charge is 2.31. The molecular weight excluding hydrogens is 236 g/mol. The second-order valence-corrected chi connectivity index (χ2v) is 8.31. The van der Waals surface area contributed by atoms with Gasteiger partial charge in [-0.15, -0.1) is 23.5 Å². The summed E-state index contributed by atoms with van der Waals surface area (Å²) in [4.78, 5) is 0.137. The average Bonchev–Trinajstić information content (AvgIpc) is 2.29. The lowest BCUT2D eigenvalue weighted by Gasteiger charge is -2.31. The van der Waals surface area contributed by atoms with E-state index in [-0.39, 0.29) is 9.74 Å². The van der Waals surface area contributed by atoms with Gasteiger partial charge in [-0.25, -0.2) is 0 Å². The summed E-state index contributed by atoms with van der Waals surface area (Å²) in [5.41, 5.74) is 0. The molecule has 92 valence electrons. The fraction of sp³-hybridized carbons (Fsp3) is 1.00. The SMILES string of the molecule is CC1(N=NC2(C)CCCCS2)CCCCS1. The molecule has 0 radical (unpaired) electrons. The van der Waals surface area contributed by atoms with Crippen LogP contribution in [0.2, 0.25) is 0 Å². The number of hydrogen-bond donors (Lipinski definition) is 0. The van der Waals surface area contributed by atoms with Crippen LogP contribution >= 0.6 is 23.5 Å². The zero-order valence-corrected chi connectivity index (χ0v) is 12.0. The van der Waals surface area contributed by atoms with E-state index in [2.05, 4.69) is 24.1 Å². The van der Waals surface area contributed by atoms with E-state index in [1.165, 1.54) is 50.0 Å². The molecule has 0 amide bonds. The van der Waals surface area contributed by atoms with Crippen molar-refractivity contribution in [2.24, 2.45) is 10.2 Å². The first kappa shape index (κ1) is 12.7. The molecule has 2 atom stereocenters. The molecule has 0 N–H and O–H groups in total. The van der Waals surface area contributed by atoms with Crippen LogP contribution in [-0.4, -0.2) is 21.2 Å². The van der Waals surface area contributed by atoms with E-state index in [1.807, 2.05) is 23.5 Å². The topological polar surface area (TPSA) is 24.7 Å². The molecule has 2 nitrogen and oxygen atoms in total. The Morgan fingerprint density at radius 2 is 1.19 bits per heavy atom. The van der Waals surface area contributed by atoms with Gasteiger partial charge in [-0.05, 0) is 63.9 Å². The molecule has 0 aromatic rings. The summed E-state index contributed by atoms with van der Waals surface area (Å²) in [5, 5.41) is 9.36. The van der Waals surface area contributed by atoms with Crippen LogP contribution in [0.4, 0.5) is 0 Å². The summed E-state index contributed by atoms with van der Waals surface area (Å²) in [7, 11) is 0. The van der Waals surface area contributed by atoms with Crippen LogP contribution in [0, 0.1) is 0 Å². The monoisotopic (exact) mass is 258 g/mol. The zero-order chi connectivity index (χ0) is 11.5. The Morgan fingerprint density at radius 3 is 1.50 bits per heavy atom. The van der Waals surface area contributed by atoms with Crippen LogP contribution < -0.4 is 0 Å². The number of hydrogen-bond acceptors (Lipinski definition) is 4. The van der Waals surface area contributed by atoms with Crippen LogP contribution in [-0.2, 0) is 0 Å². The lowest BCUT2D eigenvalue weighted by atomic mass is 10.1. The molecule has 2 unspecified atom stereocenters. The van der Waals surface area contributed by atoms with Crippen molar-refractivity contribution < 1.29 is 0 Å². The Morgan fingerprint density at radius 1 is 0.750 bits per heavy atom. The van der Waals surface area contributed by atoms with E-state index in [1.54, 1.807) is 0 Å². The van der Waals surface area contributed by atoms with E-state index in [9.17, 15) is 0 Å². The number of thioether (sulfide) groups is 2. The van der Waals surface area contributed by atoms with Gasteiger partial charge in [0.05, 0.1) is 0 Å². The standard InChI is InChI=1S/C12H22N2S2/c1-11(7-3-5-9-15-11)13-14-12(2)8-4-6-10-16-12/h3-10H2,1-2H3. The zero-order valence-electron chi connectivity index (χ0n) is 10.4. The maximum absolute atomic E-state index is 4.68. The van der Waals surface area contributed by atoms with E-state index >= 15 is 0 Å². The highest BCUT2D eigenvalue weighted by atomic mass is 32.2. The summed E-state index contributed by atoms with van der Waals surface area (Å²) in [6, 6.07) is 0. The van der Waals surface area contributed by atoms with E-state index in [0.29, 0.717) is 0 Å². The van der Waals surface area contributed by atoms with E-state index < -0.39 is 0 Å². The van der Waals surface area contributed by atoms with Crippen molar-refractivity contribution in [1.29, 1.82) is 0 Å². The lowest BCUT2D eigenvalue weighted by Crippen LogP contribution is -2.25. The van der Waals surface area contributed by atoms with Crippen molar-refractivity contribution in [1.82, 2.24) is 0 Å². The van der Waals surface area contributed by atoms with Crippen molar-refractivity contribution in [3.05, 3.63) is 0 Å². The Hall–Kier alpha value is 0.300. The number of rotatable bonds is 2. The fourth-order valence-corrected chi connectivity index (χ4v) is 4.56. The maximum atomic E-state index is 4.68. The molecule has 2 fully saturated rings. The smallest absolute Gasteiger partial charge is 0.124 e. The molecule has 2 saturated heterocycles. The number of azo groups is 1. The molecule has 0 aromatic heterocycles. The second-order valence-electron chi connectivity index (χ2n) is 5.16. The molecule has 2 aliphatic heterocycles. The largest absolute Gasteiger partial charge is 0.175 e. The molecule has 16 heavy (non-hydrogen) atoms. The molecule has 0 saturated carbocycles. The van der Waals surface area contributed by atoms with Crippen molar-refractivity contribution in [2.75, 3.05) is 11.5 Å². The van der Waals surface area contributed by atoms with Crippen LogP contribution in [0.15, 0.2) is 10.2 Å². The Bertz CT molecular complexity index is 228. The molecular formula is C12H22N2S2. The van der Waals surface area contributed by atoms with Gasteiger partial charge in [0, 0.05) is 0 Å².